The van der Waals surface area contributed by atoms with Crippen LogP contribution in [0.4, 0.5) is 0 Å². The lowest BCUT2D eigenvalue weighted by Crippen LogP contribution is -1.85. The molecule has 0 N–H and O–H groups in total. The van der Waals surface area contributed by atoms with Crippen LogP contribution in [0.15, 0.2) is 24.5 Å². The fraction of sp³-hybridized carbons (Fsp3) is 0.375. The fourth-order valence-electron chi connectivity index (χ4n) is 0.653. The Morgan fingerprint density at radius 3 is 2.89 bits per heavy atom. The van der Waals surface area contributed by atoms with Crippen LogP contribution in [0.2, 0.25) is 0 Å². The first-order valence-corrected chi connectivity index (χ1v) is 3.11. The maximum atomic E-state index is 7.27. The number of nitrogens with zero attached hydrogens (tertiary/aromatic N) is 1. The van der Waals surface area contributed by atoms with E-state index in [0.29, 0.717) is 12.0 Å². The van der Waals surface area contributed by atoms with Crippen molar-refractivity contribution in [2.24, 2.45) is 0 Å². The number of pyridine rings is 1. The maximum Gasteiger partial charge on any atom is 0.0639 e. The standard InChI is InChI=1S/C8H11N/c1-7(2)8-4-3-5-9-6-8/h3-7H,1-2H3/i3D. The van der Waals surface area contributed by atoms with E-state index in [-0.39, 0.29) is 0 Å². The summed E-state index contributed by atoms with van der Waals surface area (Å²) >= 11 is 0. The Morgan fingerprint density at radius 1 is 1.67 bits per heavy atom. The first-order valence-electron chi connectivity index (χ1n) is 3.61. The Labute approximate surface area is 57.2 Å². The van der Waals surface area contributed by atoms with Gasteiger partial charge in [-0.05, 0) is 17.5 Å². The molecule has 0 amide bonds. The molecule has 1 heteroatoms. The first kappa shape index (κ1) is 4.98. The van der Waals surface area contributed by atoms with Crippen LogP contribution < -0.4 is 0 Å². The van der Waals surface area contributed by atoms with Gasteiger partial charge in [-0.15, -0.1) is 0 Å². The highest BCUT2D eigenvalue weighted by molar-refractivity contribution is 5.12. The molecule has 0 spiro atoms. The van der Waals surface area contributed by atoms with E-state index in [1.165, 1.54) is 0 Å². The predicted octanol–water partition coefficient (Wildman–Crippen LogP) is 2.21. The fourth-order valence-corrected chi connectivity index (χ4v) is 0.653. The number of hydrogen-bond donors (Lipinski definition) is 0. The molecular weight excluding hydrogens is 110 g/mol. The van der Waals surface area contributed by atoms with Crippen molar-refractivity contribution in [1.82, 2.24) is 4.98 Å². The molecule has 0 aliphatic carbocycles. The molecule has 1 aromatic heterocycles. The van der Waals surface area contributed by atoms with Crippen LogP contribution in [-0.2, 0) is 0 Å². The lowest BCUT2D eigenvalue weighted by atomic mass is 10.1. The van der Waals surface area contributed by atoms with Crippen LogP contribution >= 0.6 is 0 Å². The summed E-state index contributed by atoms with van der Waals surface area (Å²) in [6.07, 6.45) is 3.36. The van der Waals surface area contributed by atoms with Crippen LogP contribution in [-0.4, -0.2) is 4.98 Å². The molecule has 0 saturated heterocycles. The van der Waals surface area contributed by atoms with E-state index in [9.17, 15) is 0 Å². The van der Waals surface area contributed by atoms with Crippen molar-refractivity contribution in [3.8, 4) is 0 Å². The van der Waals surface area contributed by atoms with E-state index in [1.807, 2.05) is 12.3 Å². The van der Waals surface area contributed by atoms with Crippen LogP contribution in [0.1, 0.15) is 26.7 Å². The van der Waals surface area contributed by atoms with E-state index >= 15 is 0 Å². The van der Waals surface area contributed by atoms with Gasteiger partial charge in [-0.3, -0.25) is 4.98 Å². The molecule has 0 aliphatic heterocycles. The third-order valence-electron chi connectivity index (χ3n) is 1.29. The molecule has 1 nitrogen and oxygen atoms in total. The first-order chi connectivity index (χ1) is 4.70. The predicted molar refractivity (Wildman–Crippen MR) is 38.3 cm³/mol. The smallest absolute Gasteiger partial charge is 0.0639 e. The molecule has 48 valence electrons. The molecule has 0 radical (unpaired) electrons. The van der Waals surface area contributed by atoms with Crippen molar-refractivity contribution < 1.29 is 1.37 Å². The Bertz CT molecular complexity index is 220. The van der Waals surface area contributed by atoms with Crippen molar-refractivity contribution >= 4 is 0 Å². The lowest BCUT2D eigenvalue weighted by Gasteiger charge is -2.00. The summed E-state index contributed by atoms with van der Waals surface area (Å²) in [4.78, 5) is 3.92. The zero-order valence-corrected chi connectivity index (χ0v) is 5.76. The normalized spacial score (nSPS) is 11.7. The van der Waals surface area contributed by atoms with Gasteiger partial charge in [0.25, 0.3) is 0 Å². The molecule has 0 fully saturated rings. The van der Waals surface area contributed by atoms with Gasteiger partial charge in [0, 0.05) is 12.4 Å². The summed E-state index contributed by atoms with van der Waals surface area (Å²) < 4.78 is 7.27. The molecular formula is C8H11N. The molecule has 0 unspecified atom stereocenters. The number of hydrogen-bond acceptors (Lipinski definition) is 1. The maximum absolute atomic E-state index is 7.27. The summed E-state index contributed by atoms with van der Waals surface area (Å²) in [5, 5.41) is 0. The molecule has 0 bridgehead atoms. The third-order valence-corrected chi connectivity index (χ3v) is 1.29. The van der Waals surface area contributed by atoms with Gasteiger partial charge < -0.3 is 0 Å². The highest BCUT2D eigenvalue weighted by atomic mass is 14.6. The Hall–Kier alpha value is -0.850. The molecule has 0 saturated carbocycles. The highest BCUT2D eigenvalue weighted by Crippen LogP contribution is 2.10. The lowest BCUT2D eigenvalue weighted by molar-refractivity contribution is 0.858. The Morgan fingerprint density at radius 2 is 2.44 bits per heavy atom. The SMILES string of the molecule is [2H]c1cncc(C(C)C)c1. The van der Waals surface area contributed by atoms with Gasteiger partial charge in [-0.25, -0.2) is 0 Å². The zero-order chi connectivity index (χ0) is 7.56. The highest BCUT2D eigenvalue weighted by Gasteiger charge is 1.94. The average Bonchev–Trinajstić information content (AvgIpc) is 1.88. The number of rotatable bonds is 1. The Kier molecular flexibility index (Phi) is 1.45. The van der Waals surface area contributed by atoms with Gasteiger partial charge in [0.05, 0.1) is 1.37 Å². The minimum Gasteiger partial charge on any atom is -0.264 e. The summed E-state index contributed by atoms with van der Waals surface area (Å²) in [6.45, 7) is 4.19. The second-order valence-electron chi connectivity index (χ2n) is 2.37. The van der Waals surface area contributed by atoms with Crippen LogP contribution in [0.25, 0.3) is 0 Å². The summed E-state index contributed by atoms with van der Waals surface area (Å²) in [6, 6.07) is 2.34. The Balaban J connectivity index is 2.96. The van der Waals surface area contributed by atoms with Gasteiger partial charge >= 0.3 is 0 Å². The monoisotopic (exact) mass is 122 g/mol. The molecule has 1 aromatic rings. The van der Waals surface area contributed by atoms with Crippen LogP contribution in [0.5, 0.6) is 0 Å². The van der Waals surface area contributed by atoms with Gasteiger partial charge in [0.2, 0.25) is 0 Å². The largest absolute Gasteiger partial charge is 0.264 e. The van der Waals surface area contributed by atoms with Crippen LogP contribution in [0, 0.1) is 0 Å². The van der Waals surface area contributed by atoms with Gasteiger partial charge in [0.15, 0.2) is 0 Å². The topological polar surface area (TPSA) is 12.9 Å². The van der Waals surface area contributed by atoms with Crippen molar-refractivity contribution in [2.75, 3.05) is 0 Å². The molecule has 0 aliphatic rings. The van der Waals surface area contributed by atoms with E-state index in [4.69, 9.17) is 1.37 Å². The van der Waals surface area contributed by atoms with Gasteiger partial charge in [-0.1, -0.05) is 19.9 Å². The van der Waals surface area contributed by atoms with Crippen molar-refractivity contribution in [1.29, 1.82) is 0 Å². The second-order valence-corrected chi connectivity index (χ2v) is 2.37. The molecule has 0 aromatic carbocycles. The van der Waals surface area contributed by atoms with Gasteiger partial charge in [-0.2, -0.15) is 0 Å². The van der Waals surface area contributed by atoms with E-state index < -0.39 is 0 Å². The molecule has 1 rings (SSSR count). The molecule has 0 atom stereocenters. The average molecular weight is 122 g/mol. The molecule has 9 heavy (non-hydrogen) atoms. The van der Waals surface area contributed by atoms with E-state index in [1.54, 1.807) is 6.20 Å². The van der Waals surface area contributed by atoms with Crippen molar-refractivity contribution in [3.05, 3.63) is 30.1 Å². The van der Waals surface area contributed by atoms with Crippen LogP contribution in [0.3, 0.4) is 0 Å². The quantitative estimate of drug-likeness (QED) is 0.556. The molecule has 1 heterocycles. The van der Waals surface area contributed by atoms with Crippen molar-refractivity contribution in [3.63, 3.8) is 0 Å². The zero-order valence-electron chi connectivity index (χ0n) is 6.76. The minimum absolute atomic E-state index is 0.470. The summed E-state index contributed by atoms with van der Waals surface area (Å²) in [7, 11) is 0. The third kappa shape index (κ3) is 1.53. The summed E-state index contributed by atoms with van der Waals surface area (Å²) in [5.41, 5.74) is 1.13. The van der Waals surface area contributed by atoms with Gasteiger partial charge in [0.1, 0.15) is 0 Å². The minimum atomic E-state index is 0.470. The summed E-state index contributed by atoms with van der Waals surface area (Å²) in [5.74, 6) is 0.470. The van der Waals surface area contributed by atoms with E-state index in [0.717, 1.165) is 5.56 Å². The van der Waals surface area contributed by atoms with Crippen molar-refractivity contribution in [2.45, 2.75) is 19.8 Å². The second kappa shape index (κ2) is 2.62. The van der Waals surface area contributed by atoms with E-state index in [2.05, 4.69) is 18.8 Å². The number of aromatic nitrogens is 1.